The summed E-state index contributed by atoms with van der Waals surface area (Å²) in [6.07, 6.45) is 0. The summed E-state index contributed by atoms with van der Waals surface area (Å²) in [5.74, 6) is 1.85. The van der Waals surface area contributed by atoms with Crippen LogP contribution in [0.4, 0.5) is 0 Å². The molecule has 0 aromatic heterocycles. The first-order valence-corrected chi connectivity index (χ1v) is 8.67. The van der Waals surface area contributed by atoms with Gasteiger partial charge in [0.25, 0.3) is 0 Å². The third-order valence-electron chi connectivity index (χ3n) is 3.65. The van der Waals surface area contributed by atoms with Gasteiger partial charge in [-0.3, -0.25) is 0 Å². The van der Waals surface area contributed by atoms with E-state index in [9.17, 15) is 8.42 Å². The van der Waals surface area contributed by atoms with Gasteiger partial charge in [-0.05, 0) is 42.5 Å². The second-order valence-electron chi connectivity index (χ2n) is 5.11. The Balaban J connectivity index is 2.28. The fraction of sp³-hybridized carbons (Fsp3) is 0.294. The van der Waals surface area contributed by atoms with Crippen molar-refractivity contribution in [3.8, 4) is 17.2 Å². The van der Waals surface area contributed by atoms with E-state index in [0.29, 0.717) is 17.2 Å². The van der Waals surface area contributed by atoms with Gasteiger partial charge in [-0.15, -0.1) is 0 Å². The van der Waals surface area contributed by atoms with Gasteiger partial charge in [-0.2, -0.15) is 4.31 Å². The van der Waals surface area contributed by atoms with Crippen molar-refractivity contribution in [2.75, 3.05) is 28.4 Å². The Labute approximate surface area is 142 Å². The molecule has 7 heteroatoms. The highest BCUT2D eigenvalue weighted by molar-refractivity contribution is 7.89. The summed E-state index contributed by atoms with van der Waals surface area (Å²) in [7, 11) is 2.54. The predicted molar refractivity (Wildman–Crippen MR) is 91.2 cm³/mol. The van der Waals surface area contributed by atoms with Crippen LogP contribution in [-0.4, -0.2) is 41.1 Å². The maximum Gasteiger partial charge on any atom is 0.243 e. The van der Waals surface area contributed by atoms with Gasteiger partial charge in [0.15, 0.2) is 0 Å². The van der Waals surface area contributed by atoms with Crippen molar-refractivity contribution in [2.24, 2.45) is 0 Å². The fourth-order valence-corrected chi connectivity index (χ4v) is 3.41. The fourth-order valence-electron chi connectivity index (χ4n) is 2.26. The van der Waals surface area contributed by atoms with Crippen molar-refractivity contribution in [2.45, 2.75) is 11.4 Å². The Hall–Kier alpha value is -2.25. The molecular weight excluding hydrogens is 330 g/mol. The largest absolute Gasteiger partial charge is 0.497 e. The second kappa shape index (κ2) is 7.55. The van der Waals surface area contributed by atoms with E-state index < -0.39 is 10.0 Å². The quantitative estimate of drug-likeness (QED) is 0.767. The van der Waals surface area contributed by atoms with Crippen molar-refractivity contribution in [3.05, 3.63) is 48.0 Å². The van der Waals surface area contributed by atoms with E-state index in [0.717, 1.165) is 5.56 Å². The highest BCUT2D eigenvalue weighted by atomic mass is 32.2. The Morgan fingerprint density at radius 2 is 1.46 bits per heavy atom. The average Bonchev–Trinajstić information content (AvgIpc) is 2.61. The highest BCUT2D eigenvalue weighted by Crippen LogP contribution is 2.27. The molecule has 6 nitrogen and oxygen atoms in total. The minimum atomic E-state index is -3.63. The molecule has 0 aliphatic rings. The molecule has 2 aromatic carbocycles. The lowest BCUT2D eigenvalue weighted by molar-refractivity contribution is 0.389. The standard InChI is InChI=1S/C17H21NO5S/c1-18(12-13-11-15(22-3)7-10-17(13)23-4)24(19,20)16-8-5-14(21-2)6-9-16/h5-11H,12H2,1-4H3. The van der Waals surface area contributed by atoms with E-state index in [1.54, 1.807) is 44.6 Å². The molecular formula is C17H21NO5S. The number of methoxy groups -OCH3 is 3. The zero-order chi connectivity index (χ0) is 17.7. The van der Waals surface area contributed by atoms with Crippen molar-refractivity contribution < 1.29 is 22.6 Å². The first kappa shape index (κ1) is 18.1. The number of rotatable bonds is 7. The summed E-state index contributed by atoms with van der Waals surface area (Å²) < 4.78 is 42.2. The van der Waals surface area contributed by atoms with Crippen LogP contribution in [0.3, 0.4) is 0 Å². The van der Waals surface area contributed by atoms with Crippen LogP contribution in [0.25, 0.3) is 0 Å². The topological polar surface area (TPSA) is 65.1 Å². The maximum absolute atomic E-state index is 12.7. The molecule has 0 fully saturated rings. The molecule has 0 saturated heterocycles. The lowest BCUT2D eigenvalue weighted by Crippen LogP contribution is -2.26. The lowest BCUT2D eigenvalue weighted by atomic mass is 10.2. The zero-order valence-electron chi connectivity index (χ0n) is 14.1. The van der Waals surface area contributed by atoms with Gasteiger partial charge in [0.1, 0.15) is 17.2 Å². The normalized spacial score (nSPS) is 11.4. The molecule has 0 bridgehead atoms. The van der Waals surface area contributed by atoms with Gasteiger partial charge in [0.2, 0.25) is 10.0 Å². The maximum atomic E-state index is 12.7. The third-order valence-corrected chi connectivity index (χ3v) is 5.47. The van der Waals surface area contributed by atoms with E-state index in [1.807, 2.05) is 0 Å². The monoisotopic (exact) mass is 351 g/mol. The van der Waals surface area contributed by atoms with Gasteiger partial charge in [0, 0.05) is 19.2 Å². The minimum absolute atomic E-state index is 0.161. The molecule has 0 spiro atoms. The van der Waals surface area contributed by atoms with Crippen LogP contribution < -0.4 is 14.2 Å². The van der Waals surface area contributed by atoms with Crippen LogP contribution in [0.5, 0.6) is 17.2 Å². The molecule has 2 rings (SSSR count). The van der Waals surface area contributed by atoms with E-state index >= 15 is 0 Å². The van der Waals surface area contributed by atoms with Gasteiger partial charge in [-0.1, -0.05) is 0 Å². The molecule has 24 heavy (non-hydrogen) atoms. The number of sulfonamides is 1. The second-order valence-corrected chi connectivity index (χ2v) is 7.16. The summed E-state index contributed by atoms with van der Waals surface area (Å²) in [6, 6.07) is 11.6. The van der Waals surface area contributed by atoms with Gasteiger partial charge >= 0.3 is 0 Å². The first-order valence-electron chi connectivity index (χ1n) is 7.23. The number of ether oxygens (including phenoxy) is 3. The van der Waals surface area contributed by atoms with Gasteiger partial charge < -0.3 is 14.2 Å². The van der Waals surface area contributed by atoms with Crippen molar-refractivity contribution in [3.63, 3.8) is 0 Å². The Kier molecular flexibility index (Phi) is 5.69. The predicted octanol–water partition coefficient (Wildman–Crippen LogP) is 2.53. The molecule has 2 aromatic rings. The number of hydrogen-bond donors (Lipinski definition) is 0. The van der Waals surface area contributed by atoms with Crippen LogP contribution >= 0.6 is 0 Å². The smallest absolute Gasteiger partial charge is 0.243 e. The van der Waals surface area contributed by atoms with Crippen molar-refractivity contribution in [1.82, 2.24) is 4.31 Å². The van der Waals surface area contributed by atoms with Gasteiger partial charge in [-0.25, -0.2) is 8.42 Å². The third kappa shape index (κ3) is 3.80. The molecule has 0 aliphatic carbocycles. The van der Waals surface area contributed by atoms with E-state index in [4.69, 9.17) is 14.2 Å². The number of nitrogens with zero attached hydrogens (tertiary/aromatic N) is 1. The zero-order valence-corrected chi connectivity index (χ0v) is 15.0. The van der Waals surface area contributed by atoms with Crippen LogP contribution in [0.15, 0.2) is 47.4 Å². The molecule has 0 atom stereocenters. The molecule has 0 aliphatic heterocycles. The van der Waals surface area contributed by atoms with Crippen LogP contribution in [0, 0.1) is 0 Å². The lowest BCUT2D eigenvalue weighted by Gasteiger charge is -2.19. The van der Waals surface area contributed by atoms with E-state index in [2.05, 4.69) is 0 Å². The molecule has 0 N–H and O–H groups in total. The first-order chi connectivity index (χ1) is 11.4. The van der Waals surface area contributed by atoms with Crippen LogP contribution in [-0.2, 0) is 16.6 Å². The molecule has 0 amide bonds. The minimum Gasteiger partial charge on any atom is -0.497 e. The van der Waals surface area contributed by atoms with E-state index in [1.165, 1.54) is 30.6 Å². The molecule has 0 unspecified atom stereocenters. The summed E-state index contributed by atoms with van der Waals surface area (Å²) in [4.78, 5) is 0.202. The SMILES string of the molecule is COc1ccc(S(=O)(=O)N(C)Cc2cc(OC)ccc2OC)cc1. The Morgan fingerprint density at radius 1 is 0.875 bits per heavy atom. The van der Waals surface area contributed by atoms with Gasteiger partial charge in [0.05, 0.1) is 26.2 Å². The highest BCUT2D eigenvalue weighted by Gasteiger charge is 2.22. The van der Waals surface area contributed by atoms with Crippen molar-refractivity contribution in [1.29, 1.82) is 0 Å². The van der Waals surface area contributed by atoms with Crippen molar-refractivity contribution >= 4 is 10.0 Å². The van der Waals surface area contributed by atoms with Crippen LogP contribution in [0.1, 0.15) is 5.56 Å². The van der Waals surface area contributed by atoms with Crippen LogP contribution in [0.2, 0.25) is 0 Å². The molecule has 0 radical (unpaired) electrons. The summed E-state index contributed by atoms with van der Waals surface area (Å²) >= 11 is 0. The molecule has 0 saturated carbocycles. The Morgan fingerprint density at radius 3 is 2.00 bits per heavy atom. The summed E-state index contributed by atoms with van der Waals surface area (Å²) in [5.41, 5.74) is 0.719. The number of hydrogen-bond acceptors (Lipinski definition) is 5. The Bertz CT molecular complexity index is 787. The summed E-state index contributed by atoms with van der Waals surface area (Å²) in [6.45, 7) is 0.161. The molecule has 130 valence electrons. The van der Waals surface area contributed by atoms with E-state index in [-0.39, 0.29) is 11.4 Å². The molecule has 0 heterocycles. The number of benzene rings is 2. The average molecular weight is 351 g/mol. The summed E-state index contributed by atoms with van der Waals surface area (Å²) in [5, 5.41) is 0.